The lowest BCUT2D eigenvalue weighted by Crippen LogP contribution is -2.13. The Morgan fingerprint density at radius 2 is 1.82 bits per heavy atom. The van der Waals surface area contributed by atoms with E-state index in [0.717, 1.165) is 22.4 Å². The first-order valence-corrected chi connectivity index (χ1v) is 9.45. The second kappa shape index (κ2) is 8.14. The third-order valence-corrected chi connectivity index (χ3v) is 4.84. The van der Waals surface area contributed by atoms with Crippen LogP contribution in [0.15, 0.2) is 64.0 Å². The summed E-state index contributed by atoms with van der Waals surface area (Å²) in [5, 5.41) is 35.6. The summed E-state index contributed by atoms with van der Waals surface area (Å²) in [4.78, 5) is 5.23. The quantitative estimate of drug-likeness (QED) is 0.346. The van der Waals surface area contributed by atoms with Gasteiger partial charge in [0.05, 0.1) is 18.5 Å². The fourth-order valence-electron chi connectivity index (χ4n) is 2.45. The van der Waals surface area contributed by atoms with Crippen molar-refractivity contribution < 1.29 is 15.3 Å². The van der Waals surface area contributed by atoms with Crippen molar-refractivity contribution in [3.8, 4) is 28.5 Å². The summed E-state index contributed by atoms with van der Waals surface area (Å²) in [5.41, 5.74) is 4.19. The van der Waals surface area contributed by atoms with Gasteiger partial charge in [-0.05, 0) is 26.0 Å². The minimum absolute atomic E-state index is 0.273. The van der Waals surface area contributed by atoms with E-state index in [2.05, 4.69) is 16.7 Å². The molecule has 3 N–H and O–H groups in total. The van der Waals surface area contributed by atoms with Crippen molar-refractivity contribution in [3.63, 3.8) is 0 Å². The molecule has 0 aliphatic rings. The smallest absolute Gasteiger partial charge is 0.206 e. The van der Waals surface area contributed by atoms with Gasteiger partial charge >= 0.3 is 0 Å². The number of aromatic nitrogens is 1. The van der Waals surface area contributed by atoms with Gasteiger partial charge in [0.25, 0.3) is 0 Å². The molecule has 0 radical (unpaired) electrons. The summed E-state index contributed by atoms with van der Waals surface area (Å²) in [6, 6.07) is 10.8. The predicted molar refractivity (Wildman–Crippen MR) is 112 cm³/mol. The molecule has 3 aromatic rings. The Balaban J connectivity index is 2.10. The van der Waals surface area contributed by atoms with Crippen LogP contribution in [0.5, 0.6) is 17.2 Å². The second-order valence-corrected chi connectivity index (χ2v) is 7.31. The van der Waals surface area contributed by atoms with E-state index in [1.165, 1.54) is 29.7 Å². The molecule has 1 aromatic heterocycles. The third-order valence-electron chi connectivity index (χ3n) is 3.99. The average Bonchev–Trinajstić information content (AvgIpc) is 3.07. The molecule has 3 rings (SSSR count). The van der Waals surface area contributed by atoms with Gasteiger partial charge in [-0.1, -0.05) is 42.0 Å². The van der Waals surface area contributed by atoms with Gasteiger partial charge in [0.1, 0.15) is 0 Å². The van der Waals surface area contributed by atoms with Crippen molar-refractivity contribution in [1.82, 2.24) is 4.68 Å². The third kappa shape index (κ3) is 4.15. The number of hydrogen-bond donors (Lipinski definition) is 3. The van der Waals surface area contributed by atoms with E-state index >= 15 is 0 Å². The number of thiazole rings is 1. The highest BCUT2D eigenvalue weighted by atomic mass is 32.1. The van der Waals surface area contributed by atoms with E-state index < -0.39 is 17.2 Å². The number of aromatic hydroxyl groups is 3. The molecule has 0 amide bonds. The molecule has 0 aliphatic heterocycles. The number of phenolic OH excluding ortho intramolecular Hbond substituents is 3. The highest BCUT2D eigenvalue weighted by Gasteiger charge is 2.11. The van der Waals surface area contributed by atoms with Crippen molar-refractivity contribution in [3.05, 3.63) is 69.9 Å². The minimum atomic E-state index is -0.579. The number of aryl methyl sites for hydroxylation is 1. The molecule has 0 fully saturated rings. The maximum atomic E-state index is 10.0. The van der Waals surface area contributed by atoms with Crippen LogP contribution >= 0.6 is 11.3 Å². The number of hydrogen-bond acceptors (Lipinski definition) is 6. The molecular formula is C21H21N3O3S. The van der Waals surface area contributed by atoms with E-state index in [-0.39, 0.29) is 5.56 Å². The minimum Gasteiger partial charge on any atom is -0.504 e. The molecule has 0 unspecified atom stereocenters. The Labute approximate surface area is 166 Å². The fraction of sp³-hybridized carbons (Fsp3) is 0.143. The van der Waals surface area contributed by atoms with Crippen molar-refractivity contribution in [2.75, 3.05) is 6.54 Å². The maximum Gasteiger partial charge on any atom is 0.206 e. The molecule has 7 heteroatoms. The molecule has 144 valence electrons. The van der Waals surface area contributed by atoms with Crippen LogP contribution in [0.4, 0.5) is 0 Å². The van der Waals surface area contributed by atoms with Gasteiger partial charge in [-0.25, -0.2) is 4.68 Å². The fourth-order valence-corrected chi connectivity index (χ4v) is 3.29. The van der Waals surface area contributed by atoms with Gasteiger partial charge in [0.2, 0.25) is 10.6 Å². The summed E-state index contributed by atoms with van der Waals surface area (Å²) in [6.07, 6.45) is 1.42. The van der Waals surface area contributed by atoms with Gasteiger partial charge < -0.3 is 15.3 Å². The van der Waals surface area contributed by atoms with Crippen LogP contribution in [-0.2, 0) is 0 Å². The van der Waals surface area contributed by atoms with E-state index in [1.54, 1.807) is 4.68 Å². The molecule has 0 spiro atoms. The topological polar surface area (TPSA) is 90.3 Å². The Bertz CT molecular complexity index is 1110. The summed E-state index contributed by atoms with van der Waals surface area (Å²) < 4.78 is 1.68. The molecule has 0 aliphatic carbocycles. The number of phenols is 3. The molecule has 1 heterocycles. The second-order valence-electron chi connectivity index (χ2n) is 6.47. The lowest BCUT2D eigenvalue weighted by atomic mass is 10.1. The summed E-state index contributed by atoms with van der Waals surface area (Å²) in [6.45, 7) is 8.29. The zero-order valence-electron chi connectivity index (χ0n) is 15.6. The van der Waals surface area contributed by atoms with E-state index in [0.29, 0.717) is 11.3 Å². The molecule has 0 saturated carbocycles. The van der Waals surface area contributed by atoms with E-state index in [9.17, 15) is 15.3 Å². The summed E-state index contributed by atoms with van der Waals surface area (Å²) in [7, 11) is 0. The maximum absolute atomic E-state index is 10.0. The van der Waals surface area contributed by atoms with Crippen LogP contribution in [0.2, 0.25) is 0 Å². The molecule has 2 aromatic carbocycles. The van der Waals surface area contributed by atoms with Crippen LogP contribution < -0.4 is 4.80 Å². The van der Waals surface area contributed by atoms with E-state index in [4.69, 9.17) is 0 Å². The zero-order chi connectivity index (χ0) is 20.3. The van der Waals surface area contributed by atoms with Crippen molar-refractivity contribution in [2.45, 2.75) is 13.8 Å². The lowest BCUT2D eigenvalue weighted by Gasteiger charge is -2.06. The van der Waals surface area contributed by atoms with Crippen LogP contribution in [0.3, 0.4) is 0 Å². The molecule has 28 heavy (non-hydrogen) atoms. The van der Waals surface area contributed by atoms with Crippen molar-refractivity contribution >= 4 is 17.6 Å². The van der Waals surface area contributed by atoms with Gasteiger partial charge in [-0.15, -0.1) is 11.3 Å². The Morgan fingerprint density at radius 1 is 1.11 bits per heavy atom. The number of rotatable bonds is 5. The first kappa shape index (κ1) is 19.4. The van der Waals surface area contributed by atoms with Crippen LogP contribution in [0.1, 0.15) is 18.1 Å². The van der Waals surface area contributed by atoms with Crippen molar-refractivity contribution in [1.29, 1.82) is 0 Å². The number of benzene rings is 2. The first-order valence-electron chi connectivity index (χ1n) is 8.57. The highest BCUT2D eigenvalue weighted by molar-refractivity contribution is 7.07. The molecule has 0 atom stereocenters. The largest absolute Gasteiger partial charge is 0.504 e. The standard InChI is InChI=1S/C21H21N3O3S/c1-13(2)10-22-21-24(17(12-28-21)15-6-4-14(3)5-7-15)23-11-16-8-9-18(25)20(27)19(16)26/h4-9,11-12,25-27H,1,10H2,2-3H3. The summed E-state index contributed by atoms with van der Waals surface area (Å²) in [5.74, 6) is -1.41. The van der Waals surface area contributed by atoms with Crippen LogP contribution in [0.25, 0.3) is 11.3 Å². The first-order chi connectivity index (χ1) is 13.4. The van der Waals surface area contributed by atoms with Gasteiger partial charge in [-0.3, -0.25) is 4.99 Å². The molecule has 0 bridgehead atoms. The van der Waals surface area contributed by atoms with Crippen LogP contribution in [-0.4, -0.2) is 32.8 Å². The van der Waals surface area contributed by atoms with Gasteiger partial charge in [0, 0.05) is 16.5 Å². The predicted octanol–water partition coefficient (Wildman–Crippen LogP) is 4.00. The van der Waals surface area contributed by atoms with Crippen LogP contribution in [0, 0.1) is 6.92 Å². The average molecular weight is 395 g/mol. The normalized spacial score (nSPS) is 12.0. The Kier molecular flexibility index (Phi) is 5.65. The molecule has 6 nitrogen and oxygen atoms in total. The SMILES string of the molecule is C=C(C)CN=c1scc(-c2ccc(C)cc2)n1N=Cc1ccc(O)c(O)c1O. The van der Waals surface area contributed by atoms with Gasteiger partial charge in [0.15, 0.2) is 11.5 Å². The lowest BCUT2D eigenvalue weighted by molar-refractivity contribution is 0.367. The zero-order valence-corrected chi connectivity index (χ0v) is 16.4. The van der Waals surface area contributed by atoms with Gasteiger partial charge in [-0.2, -0.15) is 5.10 Å². The van der Waals surface area contributed by atoms with E-state index in [1.807, 2.05) is 43.5 Å². The summed E-state index contributed by atoms with van der Waals surface area (Å²) >= 11 is 1.45. The molecular weight excluding hydrogens is 374 g/mol. The molecule has 0 saturated heterocycles. The van der Waals surface area contributed by atoms with Crippen molar-refractivity contribution in [2.24, 2.45) is 10.1 Å². The highest BCUT2D eigenvalue weighted by Crippen LogP contribution is 2.36. The monoisotopic (exact) mass is 395 g/mol. The number of nitrogens with zero attached hydrogens (tertiary/aromatic N) is 3. The Morgan fingerprint density at radius 3 is 2.50 bits per heavy atom. The Hall–Kier alpha value is -3.32.